The molecule has 0 radical (unpaired) electrons. The van der Waals surface area contributed by atoms with Gasteiger partial charge in [-0.25, -0.2) is 4.99 Å². The van der Waals surface area contributed by atoms with Gasteiger partial charge in [0.1, 0.15) is 0 Å². The number of guanidine groups is 1. The Morgan fingerprint density at radius 1 is 1.21 bits per heavy atom. The molecule has 3 aliphatic rings. The van der Waals surface area contributed by atoms with Crippen molar-refractivity contribution in [1.29, 1.82) is 0 Å². The highest BCUT2D eigenvalue weighted by Crippen LogP contribution is 2.34. The predicted molar refractivity (Wildman–Crippen MR) is 114 cm³/mol. The van der Waals surface area contributed by atoms with Gasteiger partial charge in [-0.15, -0.1) is 0 Å². The first-order chi connectivity index (χ1) is 13.7. The van der Waals surface area contributed by atoms with Gasteiger partial charge >= 0.3 is 0 Å². The van der Waals surface area contributed by atoms with Gasteiger partial charge in [0.25, 0.3) is 0 Å². The van der Waals surface area contributed by atoms with Crippen LogP contribution in [0.25, 0.3) is 0 Å². The van der Waals surface area contributed by atoms with E-state index < -0.39 is 0 Å². The molecule has 4 rings (SSSR count). The summed E-state index contributed by atoms with van der Waals surface area (Å²) in [5.74, 6) is 1.73. The molecule has 1 aromatic carbocycles. The van der Waals surface area contributed by atoms with Crippen molar-refractivity contribution in [2.24, 2.45) is 10.9 Å². The van der Waals surface area contributed by atoms with Crippen molar-refractivity contribution in [3.63, 3.8) is 0 Å². The Morgan fingerprint density at radius 2 is 2.07 bits per heavy atom. The molecule has 0 aromatic heterocycles. The number of hydrogen-bond donors (Lipinski definition) is 2. The summed E-state index contributed by atoms with van der Waals surface area (Å²) in [6, 6.07) is 9.20. The largest absolute Gasteiger partial charge is 0.373 e. The molecule has 3 saturated heterocycles. The van der Waals surface area contributed by atoms with Crippen LogP contribution in [-0.2, 0) is 17.8 Å². The molecule has 1 aromatic rings. The van der Waals surface area contributed by atoms with Gasteiger partial charge in [-0.2, -0.15) is 0 Å². The van der Waals surface area contributed by atoms with Crippen LogP contribution in [0.1, 0.15) is 57.1 Å². The summed E-state index contributed by atoms with van der Waals surface area (Å²) in [6.45, 7) is 9.57. The molecule has 4 atom stereocenters. The molecule has 154 valence electrons. The SMILES string of the molecule is CCNC(=NCc1ccccc1CN1CCCC(C)C1)NC1CC2CCC1O2. The van der Waals surface area contributed by atoms with E-state index in [-0.39, 0.29) is 0 Å². The van der Waals surface area contributed by atoms with Gasteiger partial charge in [0.2, 0.25) is 0 Å². The minimum atomic E-state index is 0.363. The Morgan fingerprint density at radius 3 is 2.79 bits per heavy atom. The molecule has 4 unspecified atom stereocenters. The van der Waals surface area contributed by atoms with E-state index in [0.717, 1.165) is 37.9 Å². The van der Waals surface area contributed by atoms with Crippen LogP contribution in [0.3, 0.4) is 0 Å². The summed E-state index contributed by atoms with van der Waals surface area (Å²) in [4.78, 5) is 7.52. The number of piperidine rings is 1. The normalized spacial score (nSPS) is 30.6. The summed E-state index contributed by atoms with van der Waals surface area (Å²) in [6.07, 6.45) is 7.02. The van der Waals surface area contributed by atoms with Crippen molar-refractivity contribution in [3.8, 4) is 0 Å². The Kier molecular flexibility index (Phi) is 6.53. The van der Waals surface area contributed by atoms with Crippen LogP contribution in [-0.4, -0.2) is 48.7 Å². The van der Waals surface area contributed by atoms with Crippen molar-refractivity contribution < 1.29 is 4.74 Å². The molecule has 5 heteroatoms. The quantitative estimate of drug-likeness (QED) is 0.584. The lowest BCUT2D eigenvalue weighted by molar-refractivity contribution is 0.0992. The first-order valence-electron chi connectivity index (χ1n) is 11.2. The zero-order chi connectivity index (χ0) is 19.3. The number of nitrogens with one attached hydrogen (secondary N) is 2. The molecule has 0 aliphatic carbocycles. The molecular weight excluding hydrogens is 348 g/mol. The fourth-order valence-corrected chi connectivity index (χ4v) is 4.99. The van der Waals surface area contributed by atoms with Crippen molar-refractivity contribution in [1.82, 2.24) is 15.5 Å². The monoisotopic (exact) mass is 384 g/mol. The number of hydrogen-bond acceptors (Lipinski definition) is 3. The number of rotatable bonds is 6. The summed E-state index contributed by atoms with van der Waals surface area (Å²) in [5, 5.41) is 7.05. The van der Waals surface area contributed by atoms with Gasteiger partial charge in [0, 0.05) is 19.6 Å². The number of benzene rings is 1. The highest BCUT2D eigenvalue weighted by molar-refractivity contribution is 5.80. The molecule has 2 N–H and O–H groups in total. The zero-order valence-corrected chi connectivity index (χ0v) is 17.5. The van der Waals surface area contributed by atoms with E-state index in [0.29, 0.717) is 18.2 Å². The smallest absolute Gasteiger partial charge is 0.191 e. The van der Waals surface area contributed by atoms with E-state index in [4.69, 9.17) is 9.73 Å². The highest BCUT2D eigenvalue weighted by Gasteiger charge is 2.41. The van der Waals surface area contributed by atoms with E-state index in [1.807, 2.05) is 0 Å². The summed E-state index contributed by atoms with van der Waals surface area (Å²) in [7, 11) is 0. The van der Waals surface area contributed by atoms with Crippen molar-refractivity contribution >= 4 is 5.96 Å². The van der Waals surface area contributed by atoms with Gasteiger partial charge in [0.05, 0.1) is 24.8 Å². The van der Waals surface area contributed by atoms with E-state index in [1.54, 1.807) is 0 Å². The summed E-state index contributed by atoms with van der Waals surface area (Å²) < 4.78 is 5.99. The number of fused-ring (bicyclic) bond motifs is 2. The maximum Gasteiger partial charge on any atom is 0.191 e. The molecule has 2 bridgehead atoms. The van der Waals surface area contributed by atoms with Crippen LogP contribution < -0.4 is 10.6 Å². The fourth-order valence-electron chi connectivity index (χ4n) is 4.99. The average molecular weight is 385 g/mol. The lowest BCUT2D eigenvalue weighted by atomic mass is 9.96. The van der Waals surface area contributed by atoms with E-state index in [9.17, 15) is 0 Å². The van der Waals surface area contributed by atoms with E-state index in [1.165, 1.54) is 49.9 Å². The Hall–Kier alpha value is -1.59. The van der Waals surface area contributed by atoms with Crippen molar-refractivity contribution in [3.05, 3.63) is 35.4 Å². The van der Waals surface area contributed by atoms with Gasteiger partial charge < -0.3 is 15.4 Å². The Balaban J connectivity index is 1.40. The number of aliphatic imine (C=N–C) groups is 1. The third-order valence-electron chi connectivity index (χ3n) is 6.43. The summed E-state index contributed by atoms with van der Waals surface area (Å²) >= 11 is 0. The third-order valence-corrected chi connectivity index (χ3v) is 6.43. The second kappa shape index (κ2) is 9.27. The molecule has 0 saturated carbocycles. The van der Waals surface area contributed by atoms with E-state index in [2.05, 4.69) is 53.6 Å². The standard InChI is InChI=1S/C23H36N4O/c1-3-24-23(26-21-13-20-10-11-22(21)28-20)25-14-18-8-4-5-9-19(18)16-27-12-6-7-17(2)15-27/h4-5,8-9,17,20-22H,3,6-7,10-16H2,1-2H3,(H2,24,25,26). The third kappa shape index (κ3) is 4.87. The predicted octanol–water partition coefficient (Wildman–Crippen LogP) is 3.29. The maximum atomic E-state index is 5.99. The highest BCUT2D eigenvalue weighted by atomic mass is 16.5. The van der Waals surface area contributed by atoms with Crippen LogP contribution in [0.15, 0.2) is 29.3 Å². The first-order valence-corrected chi connectivity index (χ1v) is 11.2. The van der Waals surface area contributed by atoms with E-state index >= 15 is 0 Å². The molecular formula is C23H36N4O. The first kappa shape index (κ1) is 19.7. The minimum Gasteiger partial charge on any atom is -0.373 e. The number of ether oxygens (including phenoxy) is 1. The second-order valence-electron chi connectivity index (χ2n) is 8.81. The minimum absolute atomic E-state index is 0.363. The van der Waals surface area contributed by atoms with Crippen LogP contribution >= 0.6 is 0 Å². The van der Waals surface area contributed by atoms with Crippen LogP contribution in [0, 0.1) is 5.92 Å². The summed E-state index contributed by atoms with van der Waals surface area (Å²) in [5.41, 5.74) is 2.75. The lowest BCUT2D eigenvalue weighted by Crippen LogP contribution is -2.47. The van der Waals surface area contributed by atoms with Gasteiger partial charge in [-0.3, -0.25) is 4.90 Å². The van der Waals surface area contributed by atoms with Gasteiger partial charge in [0.15, 0.2) is 5.96 Å². The molecule has 3 heterocycles. The van der Waals surface area contributed by atoms with Gasteiger partial charge in [-0.1, -0.05) is 31.2 Å². The molecule has 0 amide bonds. The Bertz CT molecular complexity index is 676. The fraction of sp³-hybridized carbons (Fsp3) is 0.696. The molecule has 0 spiro atoms. The molecule has 5 nitrogen and oxygen atoms in total. The number of nitrogens with zero attached hydrogens (tertiary/aromatic N) is 2. The van der Waals surface area contributed by atoms with Gasteiger partial charge in [-0.05, 0) is 62.6 Å². The second-order valence-corrected chi connectivity index (χ2v) is 8.81. The molecule has 28 heavy (non-hydrogen) atoms. The average Bonchev–Trinajstić information content (AvgIpc) is 3.30. The topological polar surface area (TPSA) is 48.9 Å². The van der Waals surface area contributed by atoms with Crippen LogP contribution in [0.4, 0.5) is 0 Å². The van der Waals surface area contributed by atoms with Crippen LogP contribution in [0.2, 0.25) is 0 Å². The lowest BCUT2D eigenvalue weighted by Gasteiger charge is -2.31. The Labute approximate surface area is 169 Å². The molecule has 3 fully saturated rings. The van der Waals surface area contributed by atoms with Crippen LogP contribution in [0.5, 0.6) is 0 Å². The van der Waals surface area contributed by atoms with Crippen molar-refractivity contribution in [2.45, 2.75) is 77.3 Å². The zero-order valence-electron chi connectivity index (χ0n) is 17.5. The number of likely N-dealkylation sites (tertiary alicyclic amines) is 1. The van der Waals surface area contributed by atoms with Crippen molar-refractivity contribution in [2.75, 3.05) is 19.6 Å². The molecule has 3 aliphatic heterocycles. The maximum absolute atomic E-state index is 5.99.